The first kappa shape index (κ1) is 14.8. The Morgan fingerprint density at radius 1 is 1.00 bits per heavy atom. The smallest absolute Gasteiger partial charge is 0.0953 e. The van der Waals surface area contributed by atoms with Crippen molar-refractivity contribution in [3.05, 3.63) is 35.9 Å². The summed E-state index contributed by atoms with van der Waals surface area (Å²) >= 11 is 0. The fourth-order valence-electron chi connectivity index (χ4n) is 6.66. The normalized spacial score (nSPS) is 43.5. The van der Waals surface area contributed by atoms with Crippen LogP contribution in [-0.2, 0) is 5.60 Å². The molecule has 0 radical (unpaired) electrons. The van der Waals surface area contributed by atoms with Gasteiger partial charge in [-0.2, -0.15) is 0 Å². The topological polar surface area (TPSA) is 20.2 Å². The summed E-state index contributed by atoms with van der Waals surface area (Å²) in [6, 6.07) is 10.5. The van der Waals surface area contributed by atoms with Gasteiger partial charge >= 0.3 is 0 Å². The van der Waals surface area contributed by atoms with Crippen molar-refractivity contribution in [3.8, 4) is 0 Å². The molecule has 1 N–H and O–H groups in total. The summed E-state index contributed by atoms with van der Waals surface area (Å²) in [5, 5.41) is 11.7. The van der Waals surface area contributed by atoms with E-state index >= 15 is 0 Å². The molecule has 120 valence electrons. The number of benzene rings is 1. The maximum Gasteiger partial charge on any atom is 0.0953 e. The number of hydrogen-bond donors (Lipinski definition) is 1. The van der Waals surface area contributed by atoms with Gasteiger partial charge in [-0.1, -0.05) is 51.1 Å². The highest BCUT2D eigenvalue weighted by Gasteiger charge is 2.62. The van der Waals surface area contributed by atoms with Gasteiger partial charge in [0.25, 0.3) is 0 Å². The van der Waals surface area contributed by atoms with Gasteiger partial charge in [0.05, 0.1) is 5.60 Å². The highest BCUT2D eigenvalue weighted by Crippen LogP contribution is 2.68. The quantitative estimate of drug-likeness (QED) is 0.802. The third kappa shape index (κ3) is 2.16. The molecule has 4 saturated carbocycles. The van der Waals surface area contributed by atoms with Crippen molar-refractivity contribution >= 4 is 0 Å². The molecule has 22 heavy (non-hydrogen) atoms. The van der Waals surface area contributed by atoms with Gasteiger partial charge in [0.1, 0.15) is 0 Å². The van der Waals surface area contributed by atoms with Crippen molar-refractivity contribution in [3.63, 3.8) is 0 Å². The second kappa shape index (κ2) is 4.60. The molecule has 2 atom stereocenters. The van der Waals surface area contributed by atoms with Gasteiger partial charge in [-0.05, 0) is 72.7 Å². The maximum absolute atomic E-state index is 11.7. The SMILES string of the molecule is CC(C)(C)CC12CC3CC(C1)C(O)(c1ccccc1)C(C3)C2. The molecular weight excluding hydrogens is 268 g/mol. The summed E-state index contributed by atoms with van der Waals surface area (Å²) in [6.07, 6.45) is 7.71. The lowest BCUT2D eigenvalue weighted by Gasteiger charge is -2.64. The van der Waals surface area contributed by atoms with Crippen LogP contribution in [0.3, 0.4) is 0 Å². The molecule has 4 bridgehead atoms. The molecule has 2 unspecified atom stereocenters. The summed E-state index contributed by atoms with van der Waals surface area (Å²) in [5.41, 5.74) is 1.53. The molecular formula is C21H30O. The van der Waals surface area contributed by atoms with E-state index in [0.717, 1.165) is 5.92 Å². The Kier molecular flexibility index (Phi) is 3.08. The minimum atomic E-state index is -0.556. The zero-order valence-corrected chi connectivity index (χ0v) is 14.3. The van der Waals surface area contributed by atoms with Gasteiger partial charge < -0.3 is 5.11 Å². The molecule has 0 spiro atoms. The number of aliphatic hydroxyl groups is 1. The van der Waals surface area contributed by atoms with E-state index in [9.17, 15) is 5.11 Å². The van der Waals surface area contributed by atoms with E-state index in [0.29, 0.717) is 22.7 Å². The molecule has 1 heteroatoms. The molecule has 0 saturated heterocycles. The Labute approximate surface area is 135 Å². The molecule has 0 aromatic heterocycles. The van der Waals surface area contributed by atoms with Gasteiger partial charge in [0, 0.05) is 0 Å². The number of rotatable bonds is 2. The zero-order valence-electron chi connectivity index (χ0n) is 14.3. The van der Waals surface area contributed by atoms with Crippen LogP contribution < -0.4 is 0 Å². The molecule has 1 aromatic rings. The highest BCUT2D eigenvalue weighted by atomic mass is 16.3. The van der Waals surface area contributed by atoms with E-state index in [2.05, 4.69) is 51.1 Å². The van der Waals surface area contributed by atoms with Gasteiger partial charge in [-0.15, -0.1) is 0 Å². The molecule has 1 nitrogen and oxygen atoms in total. The predicted octanol–water partition coefficient (Wildman–Crippen LogP) is 5.14. The van der Waals surface area contributed by atoms with E-state index in [1.807, 2.05) is 0 Å². The largest absolute Gasteiger partial charge is 0.385 e. The lowest BCUT2D eigenvalue weighted by Crippen LogP contribution is -2.59. The van der Waals surface area contributed by atoms with Crippen molar-refractivity contribution in [2.24, 2.45) is 28.6 Å². The maximum atomic E-state index is 11.7. The monoisotopic (exact) mass is 298 g/mol. The average molecular weight is 298 g/mol. The van der Waals surface area contributed by atoms with Crippen LogP contribution in [0.1, 0.15) is 64.9 Å². The third-order valence-corrected chi connectivity index (χ3v) is 6.70. The van der Waals surface area contributed by atoms with Crippen LogP contribution in [0.5, 0.6) is 0 Å². The molecule has 1 aromatic carbocycles. The zero-order chi connectivity index (χ0) is 15.6. The second-order valence-corrected chi connectivity index (χ2v) is 9.77. The van der Waals surface area contributed by atoms with Crippen molar-refractivity contribution in [2.45, 2.75) is 64.9 Å². The summed E-state index contributed by atoms with van der Waals surface area (Å²) in [5.74, 6) is 1.82. The van der Waals surface area contributed by atoms with Crippen LogP contribution in [0, 0.1) is 28.6 Å². The van der Waals surface area contributed by atoms with Gasteiger partial charge in [-0.3, -0.25) is 0 Å². The lowest BCUT2D eigenvalue weighted by molar-refractivity contribution is -0.213. The van der Waals surface area contributed by atoms with Crippen LogP contribution in [0.2, 0.25) is 0 Å². The summed E-state index contributed by atoms with van der Waals surface area (Å²) in [7, 11) is 0. The molecule has 5 rings (SSSR count). The number of hydrogen-bond acceptors (Lipinski definition) is 1. The minimum absolute atomic E-state index is 0.399. The van der Waals surface area contributed by atoms with Crippen LogP contribution in [0.4, 0.5) is 0 Å². The Hall–Kier alpha value is -0.820. The predicted molar refractivity (Wildman–Crippen MR) is 90.4 cm³/mol. The Bertz CT molecular complexity index is 537. The molecule has 0 heterocycles. The highest BCUT2D eigenvalue weighted by molar-refractivity contribution is 5.28. The van der Waals surface area contributed by atoms with Crippen LogP contribution in [-0.4, -0.2) is 5.11 Å². The lowest BCUT2D eigenvalue weighted by atomic mass is 9.42. The van der Waals surface area contributed by atoms with Crippen LogP contribution in [0.25, 0.3) is 0 Å². The average Bonchev–Trinajstić information content (AvgIpc) is 2.42. The molecule has 4 aliphatic rings. The van der Waals surface area contributed by atoms with Crippen LogP contribution >= 0.6 is 0 Å². The second-order valence-electron chi connectivity index (χ2n) is 9.77. The van der Waals surface area contributed by atoms with Crippen molar-refractivity contribution in [1.29, 1.82) is 0 Å². The third-order valence-electron chi connectivity index (χ3n) is 6.70. The fourth-order valence-corrected chi connectivity index (χ4v) is 6.66. The van der Waals surface area contributed by atoms with Crippen molar-refractivity contribution in [1.82, 2.24) is 0 Å². The molecule has 0 aliphatic heterocycles. The summed E-state index contributed by atoms with van der Waals surface area (Å²) < 4.78 is 0. The van der Waals surface area contributed by atoms with Crippen molar-refractivity contribution < 1.29 is 5.11 Å². The Morgan fingerprint density at radius 2 is 1.59 bits per heavy atom. The van der Waals surface area contributed by atoms with Crippen molar-refractivity contribution in [2.75, 3.05) is 0 Å². The van der Waals surface area contributed by atoms with E-state index in [-0.39, 0.29) is 0 Å². The first-order valence-corrected chi connectivity index (χ1v) is 9.09. The first-order chi connectivity index (χ1) is 10.3. The van der Waals surface area contributed by atoms with E-state index in [4.69, 9.17) is 0 Å². The molecule has 0 amide bonds. The Morgan fingerprint density at radius 3 is 2.14 bits per heavy atom. The standard InChI is InChI=1S/C21H30O/c1-19(2,3)14-20-11-15-9-17(12-20)21(22,18(10-15)13-20)16-7-5-4-6-8-16/h4-8,15,17-18,22H,9-14H2,1-3H3. The summed E-state index contributed by atoms with van der Waals surface area (Å²) in [6.45, 7) is 7.15. The van der Waals surface area contributed by atoms with E-state index < -0.39 is 5.60 Å². The van der Waals surface area contributed by atoms with Gasteiger partial charge in [-0.25, -0.2) is 0 Å². The summed E-state index contributed by atoms with van der Waals surface area (Å²) in [4.78, 5) is 0. The van der Waals surface area contributed by atoms with Gasteiger partial charge in [0.2, 0.25) is 0 Å². The van der Waals surface area contributed by atoms with Crippen LogP contribution in [0.15, 0.2) is 30.3 Å². The van der Waals surface area contributed by atoms with Gasteiger partial charge in [0.15, 0.2) is 0 Å². The fraction of sp³-hybridized carbons (Fsp3) is 0.714. The van der Waals surface area contributed by atoms with E-state index in [1.165, 1.54) is 44.1 Å². The van der Waals surface area contributed by atoms with E-state index in [1.54, 1.807) is 0 Å². The first-order valence-electron chi connectivity index (χ1n) is 9.09. The molecule has 4 aliphatic carbocycles. The Balaban J connectivity index is 1.69. The molecule has 4 fully saturated rings. The minimum Gasteiger partial charge on any atom is -0.385 e.